The Labute approximate surface area is 131 Å². The molecule has 1 N–H and O–H groups in total. The number of hydrogen-bond acceptors (Lipinski definition) is 6. The molecule has 0 saturated heterocycles. The SMILES string of the molecule is CCc1cc2c(O)c([N+](=O)[O-])cnc2cc1-c1c(C)noc1C. The first-order valence-corrected chi connectivity index (χ1v) is 7.16. The summed E-state index contributed by atoms with van der Waals surface area (Å²) in [6.45, 7) is 5.67. The Morgan fingerprint density at radius 1 is 1.35 bits per heavy atom. The largest absolute Gasteiger partial charge is 0.502 e. The van der Waals surface area contributed by atoms with E-state index in [9.17, 15) is 15.2 Å². The number of aryl methyl sites for hydroxylation is 3. The summed E-state index contributed by atoms with van der Waals surface area (Å²) in [7, 11) is 0. The standard InChI is InChI=1S/C16H15N3O4/c1-4-10-5-12-13(17-7-14(16(12)20)19(21)22)6-11(10)15-8(2)18-23-9(15)3/h5-7H,4H2,1-3H3,(H,17,20). The molecular weight excluding hydrogens is 298 g/mol. The van der Waals surface area contributed by atoms with Crippen LogP contribution in [0.2, 0.25) is 0 Å². The van der Waals surface area contributed by atoms with E-state index in [0.29, 0.717) is 23.1 Å². The predicted octanol–water partition coefficient (Wildman–Crippen LogP) is 3.68. The van der Waals surface area contributed by atoms with Crippen molar-refractivity contribution in [3.63, 3.8) is 0 Å². The Hall–Kier alpha value is -2.96. The first-order chi connectivity index (χ1) is 10.9. The van der Waals surface area contributed by atoms with E-state index in [1.165, 1.54) is 0 Å². The molecule has 7 heteroatoms. The van der Waals surface area contributed by atoms with E-state index in [-0.39, 0.29) is 5.75 Å². The molecule has 2 heterocycles. The van der Waals surface area contributed by atoms with Crippen LogP contribution in [-0.2, 0) is 6.42 Å². The van der Waals surface area contributed by atoms with Crippen LogP contribution in [0.5, 0.6) is 5.75 Å². The first kappa shape index (κ1) is 15.0. The number of aromatic hydroxyl groups is 1. The number of benzene rings is 1. The van der Waals surface area contributed by atoms with Gasteiger partial charge in [0.1, 0.15) is 12.0 Å². The van der Waals surface area contributed by atoms with Crippen LogP contribution in [-0.4, -0.2) is 20.2 Å². The fourth-order valence-electron chi connectivity index (χ4n) is 2.79. The normalized spacial score (nSPS) is 11.1. The maximum Gasteiger partial charge on any atom is 0.329 e. The lowest BCUT2D eigenvalue weighted by molar-refractivity contribution is -0.386. The average Bonchev–Trinajstić information content (AvgIpc) is 2.85. The third kappa shape index (κ3) is 2.30. The van der Waals surface area contributed by atoms with Gasteiger partial charge in [-0.1, -0.05) is 12.1 Å². The van der Waals surface area contributed by atoms with Crippen molar-refractivity contribution in [3.05, 3.63) is 45.5 Å². The number of nitrogens with zero attached hydrogens (tertiary/aromatic N) is 3. The monoisotopic (exact) mass is 313 g/mol. The molecule has 1 aromatic carbocycles. The van der Waals surface area contributed by atoms with Gasteiger partial charge in [-0.05, 0) is 43.5 Å². The smallest absolute Gasteiger partial charge is 0.329 e. The Morgan fingerprint density at radius 3 is 2.65 bits per heavy atom. The third-order valence-corrected chi connectivity index (χ3v) is 3.93. The number of rotatable bonds is 3. The minimum atomic E-state index is -0.643. The molecule has 7 nitrogen and oxygen atoms in total. The maximum absolute atomic E-state index is 10.9. The molecule has 3 rings (SSSR count). The zero-order valence-corrected chi connectivity index (χ0v) is 13.0. The summed E-state index contributed by atoms with van der Waals surface area (Å²) >= 11 is 0. The molecule has 0 aliphatic carbocycles. The van der Waals surface area contributed by atoms with Crippen LogP contribution < -0.4 is 0 Å². The lowest BCUT2D eigenvalue weighted by Gasteiger charge is -2.10. The van der Waals surface area contributed by atoms with Crippen LogP contribution in [0.1, 0.15) is 23.9 Å². The second-order valence-corrected chi connectivity index (χ2v) is 5.33. The number of fused-ring (bicyclic) bond motifs is 1. The molecule has 2 aromatic heterocycles. The van der Waals surface area contributed by atoms with Crippen molar-refractivity contribution >= 4 is 16.6 Å². The molecule has 23 heavy (non-hydrogen) atoms. The predicted molar refractivity (Wildman–Crippen MR) is 84.4 cm³/mol. The van der Waals surface area contributed by atoms with E-state index in [1.807, 2.05) is 26.8 Å². The summed E-state index contributed by atoms with van der Waals surface area (Å²) in [6, 6.07) is 3.55. The molecule has 0 bridgehead atoms. The number of hydrogen-bond donors (Lipinski definition) is 1. The summed E-state index contributed by atoms with van der Waals surface area (Å²) in [6.07, 6.45) is 1.76. The Bertz CT molecular complexity index is 911. The number of pyridine rings is 1. The maximum atomic E-state index is 10.9. The van der Waals surface area contributed by atoms with E-state index >= 15 is 0 Å². The molecule has 0 unspecified atom stereocenters. The van der Waals surface area contributed by atoms with Crippen LogP contribution in [0.15, 0.2) is 22.9 Å². The Morgan fingerprint density at radius 2 is 2.09 bits per heavy atom. The van der Waals surface area contributed by atoms with Gasteiger partial charge in [-0.15, -0.1) is 0 Å². The van der Waals surface area contributed by atoms with Gasteiger partial charge in [-0.25, -0.2) is 4.98 Å². The van der Waals surface area contributed by atoms with E-state index in [1.54, 1.807) is 6.07 Å². The highest BCUT2D eigenvalue weighted by Gasteiger charge is 2.21. The van der Waals surface area contributed by atoms with Crippen molar-refractivity contribution < 1.29 is 14.6 Å². The molecule has 3 aromatic rings. The third-order valence-electron chi connectivity index (χ3n) is 3.93. The molecule has 0 amide bonds. The highest BCUT2D eigenvalue weighted by molar-refractivity contribution is 5.93. The quantitative estimate of drug-likeness (QED) is 0.584. The lowest BCUT2D eigenvalue weighted by atomic mass is 9.94. The van der Waals surface area contributed by atoms with Crippen LogP contribution in [0.3, 0.4) is 0 Å². The van der Waals surface area contributed by atoms with Gasteiger partial charge in [0.2, 0.25) is 5.75 Å². The minimum Gasteiger partial charge on any atom is -0.502 e. The van der Waals surface area contributed by atoms with Gasteiger partial charge in [-0.2, -0.15) is 0 Å². The fraction of sp³-hybridized carbons (Fsp3) is 0.250. The van der Waals surface area contributed by atoms with Gasteiger partial charge in [0.15, 0.2) is 0 Å². The summed E-state index contributed by atoms with van der Waals surface area (Å²) in [4.78, 5) is 14.4. The molecule has 0 radical (unpaired) electrons. The van der Waals surface area contributed by atoms with Gasteiger partial charge in [0.05, 0.1) is 16.1 Å². The molecule has 0 fully saturated rings. The van der Waals surface area contributed by atoms with E-state index in [2.05, 4.69) is 10.1 Å². The minimum absolute atomic E-state index is 0.361. The van der Waals surface area contributed by atoms with Gasteiger partial charge < -0.3 is 9.63 Å². The van der Waals surface area contributed by atoms with E-state index in [4.69, 9.17) is 4.52 Å². The van der Waals surface area contributed by atoms with Gasteiger partial charge >= 0.3 is 5.69 Å². The van der Waals surface area contributed by atoms with Crippen molar-refractivity contribution in [2.45, 2.75) is 27.2 Å². The fourth-order valence-corrected chi connectivity index (χ4v) is 2.79. The first-order valence-electron chi connectivity index (χ1n) is 7.16. The van der Waals surface area contributed by atoms with Gasteiger partial charge in [-0.3, -0.25) is 10.1 Å². The highest BCUT2D eigenvalue weighted by atomic mass is 16.6. The number of nitro groups is 1. The molecule has 0 aliphatic rings. The zero-order chi connectivity index (χ0) is 16.7. The Balaban J connectivity index is 2.34. The number of aromatic nitrogens is 2. The van der Waals surface area contributed by atoms with E-state index < -0.39 is 10.6 Å². The van der Waals surface area contributed by atoms with Crippen molar-refractivity contribution in [2.75, 3.05) is 0 Å². The highest BCUT2D eigenvalue weighted by Crippen LogP contribution is 2.38. The Kier molecular flexibility index (Phi) is 3.48. The second-order valence-electron chi connectivity index (χ2n) is 5.33. The summed E-state index contributed by atoms with van der Waals surface area (Å²) in [5, 5.41) is 25.4. The van der Waals surface area contributed by atoms with Crippen LogP contribution in [0.25, 0.3) is 22.0 Å². The second kappa shape index (κ2) is 5.35. The molecule has 0 aliphatic heterocycles. The molecule has 118 valence electrons. The van der Waals surface area contributed by atoms with Crippen LogP contribution in [0.4, 0.5) is 5.69 Å². The molecule has 0 atom stereocenters. The van der Waals surface area contributed by atoms with Crippen molar-refractivity contribution in [2.24, 2.45) is 0 Å². The van der Waals surface area contributed by atoms with Crippen molar-refractivity contribution in [3.8, 4) is 16.9 Å². The van der Waals surface area contributed by atoms with Gasteiger partial charge in [0.25, 0.3) is 0 Å². The molecular formula is C16H15N3O4. The van der Waals surface area contributed by atoms with Crippen molar-refractivity contribution in [1.82, 2.24) is 10.1 Å². The molecule has 0 spiro atoms. The van der Waals surface area contributed by atoms with E-state index in [0.717, 1.165) is 28.6 Å². The summed E-state index contributed by atoms with van der Waals surface area (Å²) in [5.41, 5.74) is 3.59. The summed E-state index contributed by atoms with van der Waals surface area (Å²) in [5.74, 6) is 0.336. The lowest BCUT2D eigenvalue weighted by Crippen LogP contribution is -1.95. The molecule has 0 saturated carbocycles. The van der Waals surface area contributed by atoms with Gasteiger partial charge in [0, 0.05) is 10.9 Å². The van der Waals surface area contributed by atoms with Crippen molar-refractivity contribution in [1.29, 1.82) is 0 Å². The van der Waals surface area contributed by atoms with Crippen LogP contribution >= 0.6 is 0 Å². The van der Waals surface area contributed by atoms with Crippen LogP contribution in [0, 0.1) is 24.0 Å². The topological polar surface area (TPSA) is 102 Å². The average molecular weight is 313 g/mol. The summed E-state index contributed by atoms with van der Waals surface area (Å²) < 4.78 is 5.23. The zero-order valence-electron chi connectivity index (χ0n) is 13.0.